The molecule has 1 spiro atoms. The van der Waals surface area contributed by atoms with Crippen LogP contribution in [0.3, 0.4) is 0 Å². The standard InChI is InChI=1S/C29H30O3/c1-6-13-31-27(30)22-9-7-8-10-23(22)29-17-28(29)16-21(5)20(4)15-26(28)32-25-14-19(3)18(2)11-12-24(25)29/h7-11,14-16H,4,6,12-13,17H2,1-3,5H3. The third-order valence-corrected chi connectivity index (χ3v) is 7.55. The predicted molar refractivity (Wildman–Crippen MR) is 127 cm³/mol. The van der Waals surface area contributed by atoms with Crippen molar-refractivity contribution in [1.82, 2.24) is 0 Å². The van der Waals surface area contributed by atoms with Crippen LogP contribution >= 0.6 is 0 Å². The number of allylic oxidation sites excluding steroid dienone is 9. The first-order valence-corrected chi connectivity index (χ1v) is 11.5. The molecule has 1 heterocycles. The maximum absolute atomic E-state index is 13.1. The fourth-order valence-corrected chi connectivity index (χ4v) is 5.59. The topological polar surface area (TPSA) is 35.5 Å². The predicted octanol–water partition coefficient (Wildman–Crippen LogP) is 6.86. The van der Waals surface area contributed by atoms with Crippen LogP contribution in [0.25, 0.3) is 0 Å². The molecule has 2 atom stereocenters. The highest BCUT2D eigenvalue weighted by Crippen LogP contribution is 2.77. The van der Waals surface area contributed by atoms with E-state index in [2.05, 4.69) is 57.7 Å². The molecule has 3 nitrogen and oxygen atoms in total. The molecule has 1 aromatic carbocycles. The highest BCUT2D eigenvalue weighted by Gasteiger charge is 2.74. The molecular weight excluding hydrogens is 396 g/mol. The van der Waals surface area contributed by atoms with Gasteiger partial charge in [0.15, 0.2) is 0 Å². The van der Waals surface area contributed by atoms with E-state index in [4.69, 9.17) is 9.47 Å². The van der Waals surface area contributed by atoms with Gasteiger partial charge in [-0.1, -0.05) is 49.4 Å². The van der Waals surface area contributed by atoms with E-state index in [0.717, 1.165) is 41.9 Å². The van der Waals surface area contributed by atoms with Gasteiger partial charge >= 0.3 is 5.97 Å². The molecule has 0 N–H and O–H groups in total. The summed E-state index contributed by atoms with van der Waals surface area (Å²) in [5.74, 6) is 1.60. The van der Waals surface area contributed by atoms with Crippen molar-refractivity contribution in [2.24, 2.45) is 5.41 Å². The lowest BCUT2D eigenvalue weighted by atomic mass is 9.72. The highest BCUT2D eigenvalue weighted by molar-refractivity contribution is 5.92. The van der Waals surface area contributed by atoms with Gasteiger partial charge in [-0.25, -0.2) is 4.79 Å². The van der Waals surface area contributed by atoms with Gasteiger partial charge in [-0.3, -0.25) is 0 Å². The Morgan fingerprint density at radius 2 is 1.91 bits per heavy atom. The normalized spacial score (nSPS) is 28.1. The second kappa shape index (κ2) is 7.23. The summed E-state index contributed by atoms with van der Waals surface area (Å²) >= 11 is 0. The molecule has 0 amide bonds. The first-order chi connectivity index (χ1) is 15.3. The third kappa shape index (κ3) is 2.76. The van der Waals surface area contributed by atoms with Gasteiger partial charge < -0.3 is 9.47 Å². The number of fused-ring (bicyclic) bond motifs is 1. The minimum atomic E-state index is -0.325. The van der Waals surface area contributed by atoms with Crippen LogP contribution in [-0.4, -0.2) is 12.6 Å². The number of hydrogen-bond donors (Lipinski definition) is 0. The van der Waals surface area contributed by atoms with E-state index in [1.54, 1.807) is 0 Å². The number of benzene rings is 1. The van der Waals surface area contributed by atoms with Crippen molar-refractivity contribution in [2.45, 2.75) is 52.4 Å². The van der Waals surface area contributed by atoms with Crippen molar-refractivity contribution >= 4 is 5.97 Å². The van der Waals surface area contributed by atoms with Crippen LogP contribution in [0.2, 0.25) is 0 Å². The number of ether oxygens (including phenoxy) is 2. The number of carbonyl (C=O) groups is 1. The van der Waals surface area contributed by atoms with Crippen molar-refractivity contribution < 1.29 is 14.3 Å². The van der Waals surface area contributed by atoms with Gasteiger partial charge in [-0.05, 0) is 86.1 Å². The zero-order valence-electron chi connectivity index (χ0n) is 19.4. The number of carbonyl (C=O) groups excluding carboxylic acids is 1. The lowest BCUT2D eigenvalue weighted by Crippen LogP contribution is -2.31. The molecular formula is C29H30O3. The summed E-state index contributed by atoms with van der Waals surface area (Å²) in [6, 6.07) is 7.97. The lowest BCUT2D eigenvalue weighted by Gasteiger charge is -2.37. The second-order valence-electron chi connectivity index (χ2n) is 9.46. The summed E-state index contributed by atoms with van der Waals surface area (Å²) < 4.78 is 12.2. The average molecular weight is 427 g/mol. The summed E-state index contributed by atoms with van der Waals surface area (Å²) in [5.41, 5.74) is 6.95. The van der Waals surface area contributed by atoms with Crippen molar-refractivity contribution in [3.8, 4) is 0 Å². The van der Waals surface area contributed by atoms with Gasteiger partial charge in [-0.2, -0.15) is 0 Å². The number of hydrogen-bond acceptors (Lipinski definition) is 3. The maximum atomic E-state index is 13.1. The Morgan fingerprint density at radius 1 is 1.12 bits per heavy atom. The first kappa shape index (κ1) is 20.8. The largest absolute Gasteiger partial charge is 0.462 e. The van der Waals surface area contributed by atoms with E-state index in [9.17, 15) is 4.79 Å². The molecule has 1 fully saturated rings. The van der Waals surface area contributed by atoms with Gasteiger partial charge in [-0.15, -0.1) is 0 Å². The van der Waals surface area contributed by atoms with Crippen molar-refractivity contribution in [1.29, 1.82) is 0 Å². The summed E-state index contributed by atoms with van der Waals surface area (Å²) in [7, 11) is 0. The zero-order chi connectivity index (χ0) is 22.7. The Balaban J connectivity index is 1.76. The van der Waals surface area contributed by atoms with Crippen LogP contribution in [0.15, 0.2) is 94.5 Å². The van der Waals surface area contributed by atoms with Gasteiger partial charge in [0.25, 0.3) is 0 Å². The van der Waals surface area contributed by atoms with E-state index in [0.29, 0.717) is 12.2 Å². The number of esters is 1. The van der Waals surface area contributed by atoms with Crippen molar-refractivity contribution in [2.75, 3.05) is 6.61 Å². The number of rotatable bonds is 4. The van der Waals surface area contributed by atoms with Crippen LogP contribution in [0, 0.1) is 5.41 Å². The molecule has 32 heavy (non-hydrogen) atoms. The second-order valence-corrected chi connectivity index (χ2v) is 9.46. The Labute approximate surface area is 190 Å². The van der Waals surface area contributed by atoms with E-state index in [1.807, 2.05) is 25.1 Å². The molecule has 1 aliphatic heterocycles. The average Bonchev–Trinajstić information content (AvgIpc) is 3.48. The summed E-state index contributed by atoms with van der Waals surface area (Å²) in [6.45, 7) is 13.0. The maximum Gasteiger partial charge on any atom is 0.338 e. The molecule has 0 radical (unpaired) electrons. The molecule has 4 aliphatic rings. The molecule has 1 saturated carbocycles. The van der Waals surface area contributed by atoms with E-state index in [1.165, 1.54) is 22.3 Å². The van der Waals surface area contributed by atoms with E-state index >= 15 is 0 Å². The quantitative estimate of drug-likeness (QED) is 0.493. The minimum Gasteiger partial charge on any atom is -0.462 e. The first-order valence-electron chi connectivity index (χ1n) is 11.5. The SMILES string of the molecule is C=C1C=C2OC3=C(CC=C(C)C(C)=C3)C3(c4ccccc4C(=O)OCCC)CC23C=C1C. The molecule has 0 saturated heterocycles. The zero-order valence-corrected chi connectivity index (χ0v) is 19.4. The van der Waals surface area contributed by atoms with Crippen LogP contribution in [0.4, 0.5) is 0 Å². The summed E-state index contributed by atoms with van der Waals surface area (Å²) in [5, 5.41) is 0. The van der Waals surface area contributed by atoms with E-state index < -0.39 is 0 Å². The Bertz CT molecular complexity index is 1200. The van der Waals surface area contributed by atoms with Crippen LogP contribution in [0.5, 0.6) is 0 Å². The minimum absolute atomic E-state index is 0.244. The molecule has 5 rings (SSSR count). The smallest absolute Gasteiger partial charge is 0.338 e. The monoisotopic (exact) mass is 426 g/mol. The molecule has 3 heteroatoms. The van der Waals surface area contributed by atoms with Gasteiger partial charge in [0.1, 0.15) is 11.5 Å². The van der Waals surface area contributed by atoms with Crippen molar-refractivity contribution in [3.05, 3.63) is 106 Å². The fraction of sp³-hybridized carbons (Fsp3) is 0.345. The third-order valence-electron chi connectivity index (χ3n) is 7.55. The van der Waals surface area contributed by atoms with Gasteiger partial charge in [0.05, 0.1) is 17.6 Å². The van der Waals surface area contributed by atoms with Gasteiger partial charge in [0.2, 0.25) is 0 Å². The fourth-order valence-electron chi connectivity index (χ4n) is 5.59. The van der Waals surface area contributed by atoms with Crippen LogP contribution < -0.4 is 0 Å². The summed E-state index contributed by atoms with van der Waals surface area (Å²) in [6.07, 6.45) is 11.3. The molecule has 164 valence electrons. The molecule has 3 aliphatic carbocycles. The lowest BCUT2D eigenvalue weighted by molar-refractivity contribution is 0.0502. The molecule has 1 aromatic rings. The Kier molecular flexibility index (Phi) is 4.70. The Morgan fingerprint density at radius 3 is 2.69 bits per heavy atom. The molecule has 2 unspecified atom stereocenters. The molecule has 0 aromatic heterocycles. The van der Waals surface area contributed by atoms with Crippen LogP contribution in [0.1, 0.15) is 62.9 Å². The summed E-state index contributed by atoms with van der Waals surface area (Å²) in [4.78, 5) is 13.1. The highest BCUT2D eigenvalue weighted by atomic mass is 16.5. The van der Waals surface area contributed by atoms with E-state index in [-0.39, 0.29) is 16.8 Å². The molecule has 0 bridgehead atoms. The Hall–Kier alpha value is -3.07. The van der Waals surface area contributed by atoms with Crippen LogP contribution in [-0.2, 0) is 14.9 Å². The van der Waals surface area contributed by atoms with Gasteiger partial charge in [0, 0.05) is 5.41 Å². The van der Waals surface area contributed by atoms with Crippen molar-refractivity contribution in [3.63, 3.8) is 0 Å².